The van der Waals surface area contributed by atoms with Gasteiger partial charge in [0.1, 0.15) is 5.69 Å². The SMILES string of the molecule is O=C(Nc1ccc(-c2cccnc2)cc1)C(=O)c1csc(NS(=O)(=O)C2CC2)n1. The molecule has 1 fully saturated rings. The summed E-state index contributed by atoms with van der Waals surface area (Å²) in [4.78, 5) is 32.5. The molecule has 0 unspecified atom stereocenters. The maximum atomic E-state index is 12.3. The molecule has 29 heavy (non-hydrogen) atoms. The van der Waals surface area contributed by atoms with Crippen molar-refractivity contribution >= 4 is 43.9 Å². The van der Waals surface area contributed by atoms with E-state index in [9.17, 15) is 18.0 Å². The summed E-state index contributed by atoms with van der Waals surface area (Å²) >= 11 is 0.965. The molecule has 1 aliphatic carbocycles. The molecule has 8 nitrogen and oxygen atoms in total. The lowest BCUT2D eigenvalue weighted by atomic mass is 10.1. The third-order valence-electron chi connectivity index (χ3n) is 4.27. The van der Waals surface area contributed by atoms with Crippen LogP contribution in [-0.2, 0) is 14.8 Å². The molecule has 2 aromatic heterocycles. The zero-order chi connectivity index (χ0) is 20.4. The highest BCUT2D eigenvalue weighted by molar-refractivity contribution is 7.93. The molecule has 1 amide bonds. The molecule has 1 aliphatic rings. The van der Waals surface area contributed by atoms with E-state index in [1.165, 1.54) is 5.38 Å². The lowest BCUT2D eigenvalue weighted by molar-refractivity contribution is -0.112. The van der Waals surface area contributed by atoms with Crippen molar-refractivity contribution in [3.8, 4) is 11.1 Å². The minimum Gasteiger partial charge on any atom is -0.319 e. The summed E-state index contributed by atoms with van der Waals surface area (Å²) in [7, 11) is -3.47. The number of hydrogen-bond donors (Lipinski definition) is 2. The lowest BCUT2D eigenvalue weighted by Gasteiger charge is -2.05. The molecule has 0 aliphatic heterocycles. The van der Waals surface area contributed by atoms with Crippen LogP contribution in [0.2, 0.25) is 0 Å². The summed E-state index contributed by atoms with van der Waals surface area (Å²) in [5.41, 5.74) is 2.22. The van der Waals surface area contributed by atoms with Gasteiger partial charge in [-0.1, -0.05) is 18.2 Å². The molecule has 2 N–H and O–H groups in total. The van der Waals surface area contributed by atoms with Crippen molar-refractivity contribution in [3.05, 3.63) is 59.9 Å². The predicted molar refractivity (Wildman–Crippen MR) is 110 cm³/mol. The molecule has 1 saturated carbocycles. The minimum atomic E-state index is -3.47. The summed E-state index contributed by atoms with van der Waals surface area (Å²) in [6, 6.07) is 10.7. The van der Waals surface area contributed by atoms with Crippen molar-refractivity contribution in [1.82, 2.24) is 9.97 Å². The Hall–Kier alpha value is -3.11. The maximum absolute atomic E-state index is 12.3. The molecule has 0 saturated heterocycles. The van der Waals surface area contributed by atoms with Gasteiger partial charge in [-0.25, -0.2) is 13.4 Å². The highest BCUT2D eigenvalue weighted by Crippen LogP contribution is 2.30. The summed E-state index contributed by atoms with van der Waals surface area (Å²) < 4.78 is 26.2. The first-order chi connectivity index (χ1) is 13.9. The Bertz CT molecular complexity index is 1150. The van der Waals surface area contributed by atoms with E-state index in [-0.39, 0.29) is 10.8 Å². The van der Waals surface area contributed by atoms with E-state index in [1.807, 2.05) is 24.3 Å². The van der Waals surface area contributed by atoms with Gasteiger partial charge in [-0.05, 0) is 42.2 Å². The number of thiazole rings is 1. The first-order valence-corrected chi connectivity index (χ1v) is 11.2. The van der Waals surface area contributed by atoms with Gasteiger partial charge in [0.2, 0.25) is 10.0 Å². The van der Waals surface area contributed by atoms with Gasteiger partial charge in [-0.2, -0.15) is 0 Å². The highest BCUT2D eigenvalue weighted by atomic mass is 32.2. The van der Waals surface area contributed by atoms with Crippen LogP contribution in [0.15, 0.2) is 54.2 Å². The summed E-state index contributed by atoms with van der Waals surface area (Å²) in [5, 5.41) is 3.56. The molecular weight excluding hydrogens is 412 g/mol. The number of carbonyl (C=O) groups excluding carboxylic acids is 2. The topological polar surface area (TPSA) is 118 Å². The fourth-order valence-corrected chi connectivity index (χ4v) is 4.88. The Morgan fingerprint density at radius 2 is 1.83 bits per heavy atom. The molecule has 1 aromatic carbocycles. The maximum Gasteiger partial charge on any atom is 0.298 e. The van der Waals surface area contributed by atoms with Gasteiger partial charge in [0.05, 0.1) is 5.25 Å². The smallest absolute Gasteiger partial charge is 0.298 e. The minimum absolute atomic E-state index is 0.0777. The number of Topliss-reactive ketones (excluding diaryl/α,β-unsaturated/α-hetero) is 1. The Balaban J connectivity index is 1.40. The van der Waals surface area contributed by atoms with Gasteiger partial charge in [0.25, 0.3) is 11.7 Å². The Morgan fingerprint density at radius 3 is 2.48 bits per heavy atom. The van der Waals surface area contributed by atoms with E-state index < -0.39 is 27.0 Å². The van der Waals surface area contributed by atoms with Crippen molar-refractivity contribution in [2.24, 2.45) is 0 Å². The second kappa shape index (κ2) is 7.72. The molecule has 3 aromatic rings. The zero-order valence-electron chi connectivity index (χ0n) is 15.0. The van der Waals surface area contributed by atoms with Crippen LogP contribution in [-0.4, -0.2) is 35.3 Å². The van der Waals surface area contributed by atoms with Crippen molar-refractivity contribution < 1.29 is 18.0 Å². The molecule has 0 atom stereocenters. The first-order valence-electron chi connectivity index (χ1n) is 8.76. The zero-order valence-corrected chi connectivity index (χ0v) is 16.7. The van der Waals surface area contributed by atoms with E-state index in [4.69, 9.17) is 0 Å². The van der Waals surface area contributed by atoms with E-state index in [1.54, 1.807) is 24.5 Å². The number of benzene rings is 1. The molecule has 4 rings (SSSR count). The monoisotopic (exact) mass is 428 g/mol. The van der Waals surface area contributed by atoms with Crippen LogP contribution in [0.25, 0.3) is 11.1 Å². The molecule has 0 radical (unpaired) electrons. The van der Waals surface area contributed by atoms with E-state index in [2.05, 4.69) is 20.0 Å². The second-order valence-corrected chi connectivity index (χ2v) is 9.31. The largest absolute Gasteiger partial charge is 0.319 e. The molecule has 0 spiro atoms. The quantitative estimate of drug-likeness (QED) is 0.441. The summed E-state index contributed by atoms with van der Waals surface area (Å²) in [6.07, 6.45) is 4.65. The average Bonchev–Trinajstić information content (AvgIpc) is 3.50. The summed E-state index contributed by atoms with van der Waals surface area (Å²) in [6.45, 7) is 0. The lowest BCUT2D eigenvalue weighted by Crippen LogP contribution is -2.23. The van der Waals surface area contributed by atoms with Crippen LogP contribution in [0, 0.1) is 0 Å². The Labute approximate surface area is 171 Å². The van der Waals surface area contributed by atoms with Crippen LogP contribution in [0.4, 0.5) is 10.8 Å². The normalized spacial score (nSPS) is 13.7. The number of aromatic nitrogens is 2. The number of pyridine rings is 1. The van der Waals surface area contributed by atoms with Gasteiger partial charge in [-0.3, -0.25) is 19.3 Å². The van der Waals surface area contributed by atoms with Gasteiger partial charge < -0.3 is 5.32 Å². The molecule has 10 heteroatoms. The molecular formula is C19H16N4O4S2. The molecule has 148 valence electrons. The van der Waals surface area contributed by atoms with Crippen LogP contribution in [0.1, 0.15) is 23.3 Å². The Kier molecular flexibility index (Phi) is 5.12. The van der Waals surface area contributed by atoms with E-state index >= 15 is 0 Å². The third kappa shape index (κ3) is 4.49. The van der Waals surface area contributed by atoms with Gasteiger partial charge in [-0.15, -0.1) is 11.3 Å². The number of ketones is 1. The second-order valence-electron chi connectivity index (χ2n) is 6.49. The van der Waals surface area contributed by atoms with Gasteiger partial charge >= 0.3 is 0 Å². The van der Waals surface area contributed by atoms with Crippen molar-refractivity contribution in [3.63, 3.8) is 0 Å². The number of hydrogen-bond acceptors (Lipinski definition) is 7. The van der Waals surface area contributed by atoms with Gasteiger partial charge in [0.15, 0.2) is 5.13 Å². The number of nitrogens with zero attached hydrogens (tertiary/aromatic N) is 2. The number of rotatable bonds is 7. The van der Waals surface area contributed by atoms with Crippen molar-refractivity contribution in [1.29, 1.82) is 0 Å². The molecule has 2 heterocycles. The third-order valence-corrected chi connectivity index (χ3v) is 6.99. The van der Waals surface area contributed by atoms with E-state index in [0.717, 1.165) is 22.5 Å². The van der Waals surface area contributed by atoms with Crippen LogP contribution in [0.3, 0.4) is 0 Å². The Morgan fingerprint density at radius 1 is 1.07 bits per heavy atom. The number of carbonyl (C=O) groups is 2. The van der Waals surface area contributed by atoms with Crippen molar-refractivity contribution in [2.45, 2.75) is 18.1 Å². The van der Waals surface area contributed by atoms with E-state index in [0.29, 0.717) is 18.5 Å². The fraction of sp³-hybridized carbons (Fsp3) is 0.158. The predicted octanol–water partition coefficient (Wildman–Crippen LogP) is 2.93. The van der Waals surface area contributed by atoms with Crippen molar-refractivity contribution in [2.75, 3.05) is 10.0 Å². The van der Waals surface area contributed by atoms with Crippen LogP contribution in [0.5, 0.6) is 0 Å². The number of amides is 1. The number of anilines is 2. The van der Waals surface area contributed by atoms with Crippen LogP contribution >= 0.6 is 11.3 Å². The fourth-order valence-electron chi connectivity index (χ4n) is 2.59. The highest BCUT2D eigenvalue weighted by Gasteiger charge is 2.36. The van der Waals surface area contributed by atoms with Gasteiger partial charge in [0, 0.05) is 23.5 Å². The van der Waals surface area contributed by atoms with Crippen LogP contribution < -0.4 is 10.0 Å². The number of nitrogens with one attached hydrogen (secondary N) is 2. The average molecular weight is 428 g/mol. The summed E-state index contributed by atoms with van der Waals surface area (Å²) in [5.74, 6) is -1.68. The first kappa shape index (κ1) is 19.2. The number of sulfonamides is 1. The standard InChI is InChI=1S/C19H16N4O4S2/c24-17(16-11-28-19(22-16)23-29(26,27)15-7-8-15)18(25)21-14-5-3-12(4-6-14)13-2-1-9-20-10-13/h1-6,9-11,15H,7-8H2,(H,21,25)(H,22,23). The molecule has 0 bridgehead atoms.